The van der Waals surface area contributed by atoms with Gasteiger partial charge in [0.05, 0.1) is 6.61 Å². The zero-order chi connectivity index (χ0) is 19.3. The molecule has 0 radical (unpaired) electrons. The number of aromatic nitrogens is 1. The van der Waals surface area contributed by atoms with Crippen molar-refractivity contribution in [2.45, 2.75) is 57.8 Å². The minimum absolute atomic E-state index is 0.227. The first-order valence-electron chi connectivity index (χ1n) is 10.9. The summed E-state index contributed by atoms with van der Waals surface area (Å²) < 4.78 is 25.3. The molecular formula is C24H32FNO2. The van der Waals surface area contributed by atoms with Gasteiger partial charge in [-0.2, -0.15) is 9.37 Å². The number of ether oxygens (including phenoxy) is 2. The maximum absolute atomic E-state index is 14.1. The molecule has 2 fully saturated rings. The molecule has 28 heavy (non-hydrogen) atoms. The summed E-state index contributed by atoms with van der Waals surface area (Å²) in [6.45, 7) is 5.04. The van der Waals surface area contributed by atoms with Crippen LogP contribution < -0.4 is 9.47 Å². The van der Waals surface area contributed by atoms with Crippen molar-refractivity contribution in [3.63, 3.8) is 0 Å². The van der Waals surface area contributed by atoms with E-state index in [2.05, 4.69) is 23.7 Å². The molecule has 1 aromatic rings. The number of rotatable bonds is 8. The van der Waals surface area contributed by atoms with Crippen LogP contribution in [0.3, 0.4) is 0 Å². The van der Waals surface area contributed by atoms with E-state index in [1.165, 1.54) is 50.5 Å². The summed E-state index contributed by atoms with van der Waals surface area (Å²) in [5, 5.41) is 0. The fourth-order valence-corrected chi connectivity index (χ4v) is 4.57. The van der Waals surface area contributed by atoms with E-state index < -0.39 is 5.95 Å². The fourth-order valence-electron chi connectivity index (χ4n) is 4.57. The van der Waals surface area contributed by atoms with E-state index in [4.69, 9.17) is 9.47 Å². The second-order valence-corrected chi connectivity index (χ2v) is 8.79. The molecule has 2 saturated carbocycles. The molecule has 0 bridgehead atoms. The van der Waals surface area contributed by atoms with Crippen LogP contribution in [0.1, 0.15) is 57.8 Å². The molecule has 4 rings (SSSR count). The molecule has 4 heteroatoms. The SMILES string of the molecule is C=CC1CCC(C2CC=C(COc3ccc(OCC4CC4)c(F)n3)CC2)CC1. The molecule has 3 aliphatic rings. The number of pyridine rings is 1. The lowest BCUT2D eigenvalue weighted by atomic mass is 9.71. The zero-order valence-electron chi connectivity index (χ0n) is 16.7. The van der Waals surface area contributed by atoms with Gasteiger partial charge in [0.1, 0.15) is 6.61 Å². The third kappa shape index (κ3) is 5.15. The minimum atomic E-state index is -0.578. The van der Waals surface area contributed by atoms with Crippen molar-refractivity contribution in [3.8, 4) is 11.6 Å². The number of allylic oxidation sites excluding steroid dienone is 2. The Morgan fingerprint density at radius 3 is 2.50 bits per heavy atom. The van der Waals surface area contributed by atoms with Crippen LogP contribution in [0.4, 0.5) is 4.39 Å². The van der Waals surface area contributed by atoms with Crippen molar-refractivity contribution in [2.75, 3.05) is 13.2 Å². The Bertz CT molecular complexity index is 705. The number of hydrogen-bond donors (Lipinski definition) is 0. The quantitative estimate of drug-likeness (QED) is 0.400. The van der Waals surface area contributed by atoms with E-state index in [1.807, 2.05) is 0 Å². The molecular weight excluding hydrogens is 353 g/mol. The van der Waals surface area contributed by atoms with Crippen molar-refractivity contribution in [2.24, 2.45) is 23.7 Å². The standard InChI is InChI=1S/C24H32FNO2/c1-2-17-5-9-20(10-6-17)21-11-7-19(8-12-21)16-28-23-14-13-22(24(25)26-23)27-15-18-3-4-18/h2,7,13-14,17-18,20-21H,1,3-6,8-12,15-16H2. The van der Waals surface area contributed by atoms with Crippen molar-refractivity contribution in [1.29, 1.82) is 0 Å². The zero-order valence-corrected chi connectivity index (χ0v) is 16.7. The van der Waals surface area contributed by atoms with Crippen LogP contribution in [0.2, 0.25) is 0 Å². The Morgan fingerprint density at radius 1 is 1.04 bits per heavy atom. The average molecular weight is 386 g/mol. The molecule has 3 nitrogen and oxygen atoms in total. The van der Waals surface area contributed by atoms with E-state index >= 15 is 0 Å². The third-order valence-electron chi connectivity index (χ3n) is 6.73. The van der Waals surface area contributed by atoms with Crippen LogP contribution in [0.5, 0.6) is 11.6 Å². The van der Waals surface area contributed by atoms with E-state index in [0.29, 0.717) is 25.0 Å². The molecule has 0 N–H and O–H groups in total. The van der Waals surface area contributed by atoms with Crippen LogP contribution in [0, 0.1) is 29.6 Å². The van der Waals surface area contributed by atoms with Gasteiger partial charge in [-0.15, -0.1) is 6.58 Å². The molecule has 152 valence electrons. The summed E-state index contributed by atoms with van der Waals surface area (Å²) in [5.74, 6) is 2.99. The van der Waals surface area contributed by atoms with E-state index in [0.717, 1.165) is 30.6 Å². The number of hydrogen-bond acceptors (Lipinski definition) is 3. The molecule has 3 aliphatic carbocycles. The predicted molar refractivity (Wildman–Crippen MR) is 109 cm³/mol. The summed E-state index contributed by atoms with van der Waals surface area (Å²) in [4.78, 5) is 3.91. The first-order valence-corrected chi connectivity index (χ1v) is 10.9. The average Bonchev–Trinajstić information content (AvgIpc) is 3.56. The van der Waals surface area contributed by atoms with Gasteiger partial charge in [0, 0.05) is 6.07 Å². The maximum atomic E-state index is 14.1. The highest BCUT2D eigenvalue weighted by Crippen LogP contribution is 2.39. The van der Waals surface area contributed by atoms with Gasteiger partial charge in [0.15, 0.2) is 5.75 Å². The number of halogens is 1. The van der Waals surface area contributed by atoms with Gasteiger partial charge in [0.2, 0.25) is 5.88 Å². The first-order chi connectivity index (χ1) is 13.7. The second kappa shape index (κ2) is 9.11. The highest BCUT2D eigenvalue weighted by Gasteiger charge is 2.28. The lowest BCUT2D eigenvalue weighted by Crippen LogP contribution is -2.23. The minimum Gasteiger partial charge on any atom is -0.488 e. The molecule has 1 unspecified atom stereocenters. The highest BCUT2D eigenvalue weighted by atomic mass is 19.1. The molecule has 0 spiro atoms. The van der Waals surface area contributed by atoms with Crippen LogP contribution in [0.15, 0.2) is 36.4 Å². The molecule has 0 aromatic carbocycles. The molecule has 0 aliphatic heterocycles. The smallest absolute Gasteiger partial charge is 0.258 e. The van der Waals surface area contributed by atoms with Crippen molar-refractivity contribution in [3.05, 3.63) is 42.4 Å². The molecule has 1 aromatic heterocycles. The van der Waals surface area contributed by atoms with Gasteiger partial charge < -0.3 is 9.47 Å². The first kappa shape index (κ1) is 19.5. The Morgan fingerprint density at radius 2 is 1.86 bits per heavy atom. The van der Waals surface area contributed by atoms with Gasteiger partial charge in [-0.3, -0.25) is 0 Å². The Balaban J connectivity index is 1.22. The summed E-state index contributed by atoms with van der Waals surface area (Å²) in [6, 6.07) is 3.33. The van der Waals surface area contributed by atoms with Crippen molar-refractivity contribution in [1.82, 2.24) is 4.98 Å². The molecule has 0 saturated heterocycles. The topological polar surface area (TPSA) is 31.4 Å². The van der Waals surface area contributed by atoms with Gasteiger partial charge in [-0.05, 0) is 93.1 Å². The molecule has 1 atom stereocenters. The lowest BCUT2D eigenvalue weighted by molar-refractivity contribution is 0.206. The van der Waals surface area contributed by atoms with Gasteiger partial charge in [-0.25, -0.2) is 0 Å². The van der Waals surface area contributed by atoms with E-state index in [-0.39, 0.29) is 5.75 Å². The predicted octanol–water partition coefficient (Wildman–Crippen LogP) is 6.11. The monoisotopic (exact) mass is 385 g/mol. The van der Waals surface area contributed by atoms with Crippen molar-refractivity contribution >= 4 is 0 Å². The fraction of sp³-hybridized carbons (Fsp3) is 0.625. The van der Waals surface area contributed by atoms with Gasteiger partial charge in [0.25, 0.3) is 5.95 Å². The van der Waals surface area contributed by atoms with Crippen LogP contribution in [-0.2, 0) is 0 Å². The van der Waals surface area contributed by atoms with Gasteiger partial charge >= 0.3 is 0 Å². The largest absolute Gasteiger partial charge is 0.488 e. The van der Waals surface area contributed by atoms with Gasteiger partial charge in [-0.1, -0.05) is 12.2 Å². The Kier molecular flexibility index (Phi) is 6.33. The lowest BCUT2D eigenvalue weighted by Gasteiger charge is -2.34. The van der Waals surface area contributed by atoms with Crippen LogP contribution >= 0.6 is 0 Å². The molecule has 0 amide bonds. The maximum Gasteiger partial charge on any atom is 0.258 e. The second-order valence-electron chi connectivity index (χ2n) is 8.79. The summed E-state index contributed by atoms with van der Waals surface area (Å²) in [5.41, 5.74) is 1.31. The summed E-state index contributed by atoms with van der Waals surface area (Å²) >= 11 is 0. The Hall–Kier alpha value is -1.84. The van der Waals surface area contributed by atoms with Crippen LogP contribution in [-0.4, -0.2) is 18.2 Å². The number of nitrogens with zero attached hydrogens (tertiary/aromatic N) is 1. The Labute approximate surface area is 168 Å². The van der Waals surface area contributed by atoms with Crippen LogP contribution in [0.25, 0.3) is 0 Å². The summed E-state index contributed by atoms with van der Waals surface area (Å²) in [6.07, 6.45) is 15.6. The van der Waals surface area contributed by atoms with Crippen molar-refractivity contribution < 1.29 is 13.9 Å². The van der Waals surface area contributed by atoms with E-state index in [9.17, 15) is 4.39 Å². The molecule has 1 heterocycles. The normalized spacial score (nSPS) is 27.8. The third-order valence-corrected chi connectivity index (χ3v) is 6.73. The van der Waals surface area contributed by atoms with E-state index in [1.54, 1.807) is 12.1 Å². The summed E-state index contributed by atoms with van der Waals surface area (Å²) in [7, 11) is 0. The highest BCUT2D eigenvalue weighted by molar-refractivity contribution is 5.25.